The number of nitrogens with zero attached hydrogens (tertiary/aromatic N) is 2. The molecule has 2 nitrogen and oxygen atoms in total. The fourth-order valence-corrected chi connectivity index (χ4v) is 6.21. The van der Waals surface area contributed by atoms with E-state index in [1.165, 1.54) is 53.1 Å². The molecule has 0 N–H and O–H groups in total. The van der Waals surface area contributed by atoms with Crippen molar-refractivity contribution in [1.82, 2.24) is 9.13 Å². The lowest BCUT2D eigenvalue weighted by Crippen LogP contribution is -1.97. The van der Waals surface area contributed by atoms with Crippen molar-refractivity contribution in [3.8, 4) is 44.8 Å². The van der Waals surface area contributed by atoms with E-state index in [0.29, 0.717) is 0 Å². The Bertz CT molecular complexity index is 4170. The van der Waals surface area contributed by atoms with Gasteiger partial charge in [-0.2, -0.15) is 0 Å². The summed E-state index contributed by atoms with van der Waals surface area (Å²) in [5, 5.41) is -1.38. The monoisotopic (exact) mass is 660 g/mol. The molecule has 0 atom stereocenters. The van der Waals surface area contributed by atoms with Crippen molar-refractivity contribution >= 4 is 43.6 Å². The first-order valence-electron chi connectivity index (χ1n) is 27.2. The quantitative estimate of drug-likeness (QED) is 0.174. The SMILES string of the molecule is [2H]c1c([2H])c([2H])c(-c2ccc(-n3c4c([2H])c([2H])c([2H])c([2H])c4c4c([2H])c(-c5c([2H])c([2H])c6c(c5[2H])c5c([2H])c([2H])c([2H])c([2H])c5n6-c5ccccc5-c5c([2H])c([2H])c([2H])c([2H])c5[2H])c([2H])c([2H])c43)cc2)c([2H])c1[2H]. The average Bonchev–Trinajstić information content (AvgIpc) is 3.94. The predicted octanol–water partition coefficient (Wildman–Crippen LogP) is 12.9. The third-order valence-electron chi connectivity index (χ3n) is 8.39. The lowest BCUT2D eigenvalue weighted by atomic mass is 10.0. The maximum Gasteiger partial charge on any atom is 0.0645 e. The van der Waals surface area contributed by atoms with Crippen LogP contribution in [0.5, 0.6) is 0 Å². The smallest absolute Gasteiger partial charge is 0.0645 e. The van der Waals surface area contributed by atoms with Crippen molar-refractivity contribution in [1.29, 1.82) is 0 Å². The zero-order chi connectivity index (χ0) is 53.9. The molecule has 0 spiro atoms. The second-order valence-electron chi connectivity index (χ2n) is 11.1. The highest BCUT2D eigenvalue weighted by Crippen LogP contribution is 2.40. The first-order chi connectivity index (χ1) is 34.8. The van der Waals surface area contributed by atoms with E-state index in [0.717, 1.165) is 4.57 Å². The minimum Gasteiger partial charge on any atom is -0.309 e. The molecule has 0 fully saturated rings. The highest BCUT2D eigenvalue weighted by Gasteiger charge is 2.17. The molecule has 0 aliphatic carbocycles. The minimum atomic E-state index is -0.836. The summed E-state index contributed by atoms with van der Waals surface area (Å²) in [4.78, 5) is 0. The van der Waals surface area contributed by atoms with Gasteiger partial charge in [-0.05, 0) is 82.3 Å². The molecule has 10 aromatic rings. The van der Waals surface area contributed by atoms with Crippen LogP contribution in [0.15, 0.2) is 194 Å². The zero-order valence-electron chi connectivity index (χ0n) is 49.5. The van der Waals surface area contributed by atoms with E-state index in [1.807, 2.05) is 0 Å². The molecule has 234 valence electrons. The standard InChI is InChI=1S/C48H32N2/c1-3-13-33(14-4-1)34-23-27-38(28-24-34)49-45-21-11-8-18-40(45)42-31-36(25-29-47(42)49)37-26-30-48-43(32-37)41-19-9-12-22-46(41)50(48)44-20-10-7-17-39(44)35-15-5-2-6-16-35/h1-32H/i1D,2D,3D,4D,5D,6D,8D,9D,11D,12D,13D,14D,15D,16D,18D,19D,21D,22D,25D,26D,29D,30D,31D,32D. The number of hydrogen-bond donors (Lipinski definition) is 0. The number of rotatable bonds is 5. The Kier molecular flexibility index (Phi) is 3.07. The van der Waals surface area contributed by atoms with Crippen LogP contribution in [0.3, 0.4) is 0 Å². The minimum absolute atomic E-state index is 0.0481. The third kappa shape index (κ3) is 4.50. The van der Waals surface area contributed by atoms with Gasteiger partial charge in [0, 0.05) is 32.8 Å². The Balaban J connectivity index is 1.33. The van der Waals surface area contributed by atoms with E-state index in [9.17, 15) is 11.0 Å². The fraction of sp³-hybridized carbons (Fsp3) is 0. The van der Waals surface area contributed by atoms with Gasteiger partial charge in [-0.25, -0.2) is 0 Å². The van der Waals surface area contributed by atoms with Gasteiger partial charge < -0.3 is 9.13 Å². The topological polar surface area (TPSA) is 9.86 Å². The van der Waals surface area contributed by atoms with Gasteiger partial charge in [0.1, 0.15) is 0 Å². The zero-order valence-corrected chi connectivity index (χ0v) is 25.5. The van der Waals surface area contributed by atoms with Gasteiger partial charge in [-0.3, -0.25) is 0 Å². The highest BCUT2D eigenvalue weighted by atomic mass is 15.0. The normalized spacial score (nSPS) is 18.3. The largest absolute Gasteiger partial charge is 0.309 e. The molecule has 0 unspecified atom stereocenters. The summed E-state index contributed by atoms with van der Waals surface area (Å²) in [6.07, 6.45) is 0. The van der Waals surface area contributed by atoms with Gasteiger partial charge in [-0.15, -0.1) is 0 Å². The molecule has 0 amide bonds. The number of hydrogen-bond acceptors (Lipinski definition) is 0. The molecule has 10 rings (SSSR count). The summed E-state index contributed by atoms with van der Waals surface area (Å²) in [6.45, 7) is 0. The van der Waals surface area contributed by atoms with Crippen LogP contribution in [0.2, 0.25) is 0 Å². The van der Waals surface area contributed by atoms with Crippen molar-refractivity contribution in [3.63, 3.8) is 0 Å². The van der Waals surface area contributed by atoms with E-state index in [-0.39, 0.29) is 77.2 Å². The molecule has 0 aliphatic rings. The van der Waals surface area contributed by atoms with E-state index >= 15 is 0 Å². The molecular formula is C48H32N2. The summed E-state index contributed by atoms with van der Waals surface area (Å²) >= 11 is 0. The first kappa shape index (κ1) is 13.3. The lowest BCUT2D eigenvalue weighted by molar-refractivity contribution is 1.18. The van der Waals surface area contributed by atoms with Crippen molar-refractivity contribution in [2.45, 2.75) is 0 Å². The van der Waals surface area contributed by atoms with Crippen LogP contribution in [-0.4, -0.2) is 9.13 Å². The Morgan fingerprint density at radius 1 is 0.340 bits per heavy atom. The molecule has 2 heterocycles. The highest BCUT2D eigenvalue weighted by molar-refractivity contribution is 6.13. The van der Waals surface area contributed by atoms with Crippen LogP contribution in [-0.2, 0) is 0 Å². The first-order valence-corrected chi connectivity index (χ1v) is 15.2. The lowest BCUT2D eigenvalue weighted by Gasteiger charge is -2.14. The number of aromatic nitrogens is 2. The second-order valence-corrected chi connectivity index (χ2v) is 11.1. The van der Waals surface area contributed by atoms with E-state index in [1.54, 1.807) is 0 Å². The summed E-state index contributed by atoms with van der Waals surface area (Å²) in [5.74, 6) is 0. The van der Waals surface area contributed by atoms with Gasteiger partial charge in [0.15, 0.2) is 0 Å². The third-order valence-corrected chi connectivity index (χ3v) is 8.39. The molecule has 2 heteroatoms. The molecule has 2 aromatic heterocycles. The van der Waals surface area contributed by atoms with E-state index in [2.05, 4.69) is 0 Å². The molecule has 0 radical (unpaired) electrons. The van der Waals surface area contributed by atoms with Gasteiger partial charge in [0.25, 0.3) is 0 Å². The van der Waals surface area contributed by atoms with Gasteiger partial charge >= 0.3 is 0 Å². The Hall–Kier alpha value is -6.64. The Morgan fingerprint density at radius 2 is 0.840 bits per heavy atom. The number of benzene rings is 8. The van der Waals surface area contributed by atoms with E-state index < -0.39 is 156 Å². The van der Waals surface area contributed by atoms with Crippen molar-refractivity contribution in [2.24, 2.45) is 0 Å². The summed E-state index contributed by atoms with van der Waals surface area (Å²) in [7, 11) is 0. The Labute approximate surface area is 324 Å². The van der Waals surface area contributed by atoms with E-state index in [4.69, 9.17) is 21.9 Å². The van der Waals surface area contributed by atoms with Crippen LogP contribution < -0.4 is 0 Å². The maximum absolute atomic E-state index is 9.89. The molecular weight excluding hydrogens is 605 g/mol. The molecule has 8 aromatic carbocycles. The summed E-state index contributed by atoms with van der Waals surface area (Å²) in [6, 6.07) is -4.87. The van der Waals surface area contributed by atoms with Crippen LogP contribution >= 0.6 is 0 Å². The fourth-order valence-electron chi connectivity index (χ4n) is 6.21. The van der Waals surface area contributed by atoms with Crippen molar-refractivity contribution in [2.75, 3.05) is 0 Å². The Morgan fingerprint density at radius 3 is 1.48 bits per heavy atom. The summed E-state index contributed by atoms with van der Waals surface area (Å²) < 4.78 is 216. The van der Waals surface area contributed by atoms with Crippen molar-refractivity contribution in [3.05, 3.63) is 194 Å². The number of para-hydroxylation sites is 3. The number of fused-ring (bicyclic) bond motifs is 6. The van der Waals surface area contributed by atoms with Gasteiger partial charge in [-0.1, -0.05) is 139 Å². The second kappa shape index (κ2) is 11.5. The van der Waals surface area contributed by atoms with Crippen LogP contribution in [0.25, 0.3) is 88.4 Å². The molecule has 50 heavy (non-hydrogen) atoms. The maximum atomic E-state index is 9.89. The van der Waals surface area contributed by atoms with Crippen LogP contribution in [0, 0.1) is 0 Å². The molecule has 0 bridgehead atoms. The van der Waals surface area contributed by atoms with Crippen LogP contribution in [0.1, 0.15) is 32.9 Å². The van der Waals surface area contributed by atoms with Gasteiger partial charge in [0.2, 0.25) is 0 Å². The molecule has 0 saturated carbocycles. The molecule has 0 aliphatic heterocycles. The summed E-state index contributed by atoms with van der Waals surface area (Å²) in [5.41, 5.74) is -2.80. The predicted molar refractivity (Wildman–Crippen MR) is 211 cm³/mol. The van der Waals surface area contributed by atoms with Crippen molar-refractivity contribution < 1.29 is 32.9 Å². The van der Waals surface area contributed by atoms with Gasteiger partial charge in [0.05, 0.1) is 60.7 Å². The average molecular weight is 661 g/mol. The van der Waals surface area contributed by atoms with Crippen LogP contribution in [0.4, 0.5) is 0 Å². The molecule has 0 saturated heterocycles.